The average Bonchev–Trinajstić information content (AvgIpc) is 2.76. The van der Waals surface area contributed by atoms with Gasteiger partial charge < -0.3 is 19.7 Å². The van der Waals surface area contributed by atoms with Crippen LogP contribution in [0.4, 0.5) is 5.69 Å². The number of benzene rings is 1. The summed E-state index contributed by atoms with van der Waals surface area (Å²) >= 11 is 6.02. The molecule has 1 aromatic carbocycles. The quantitative estimate of drug-likeness (QED) is 0.615. The van der Waals surface area contributed by atoms with E-state index < -0.39 is 0 Å². The number of aryl methyl sites for hydroxylation is 1. The predicted octanol–water partition coefficient (Wildman–Crippen LogP) is 3.84. The van der Waals surface area contributed by atoms with E-state index >= 15 is 0 Å². The van der Waals surface area contributed by atoms with Crippen LogP contribution in [-0.2, 0) is 14.3 Å². The Bertz CT molecular complexity index is 1040. The van der Waals surface area contributed by atoms with Gasteiger partial charge in [0.05, 0.1) is 13.2 Å². The Hall–Kier alpha value is -2.97. The molecule has 2 heterocycles. The molecular formula is C24H29ClN4O4. The van der Waals surface area contributed by atoms with Crippen molar-refractivity contribution in [2.24, 2.45) is 0 Å². The highest BCUT2D eigenvalue weighted by Crippen LogP contribution is 2.23. The van der Waals surface area contributed by atoms with Crippen LogP contribution in [0.3, 0.4) is 0 Å². The van der Waals surface area contributed by atoms with Gasteiger partial charge in [-0.2, -0.15) is 4.98 Å². The van der Waals surface area contributed by atoms with E-state index in [0.717, 1.165) is 11.5 Å². The van der Waals surface area contributed by atoms with Gasteiger partial charge in [0.2, 0.25) is 17.7 Å². The number of hydrogen-bond donors (Lipinski definition) is 1. The first-order valence-electron chi connectivity index (χ1n) is 10.9. The lowest BCUT2D eigenvalue weighted by Crippen LogP contribution is -2.47. The van der Waals surface area contributed by atoms with Crippen molar-refractivity contribution in [1.82, 2.24) is 14.9 Å². The van der Waals surface area contributed by atoms with Gasteiger partial charge in [-0.3, -0.25) is 9.59 Å². The summed E-state index contributed by atoms with van der Waals surface area (Å²) in [5, 5.41) is 3.22. The number of morpholine rings is 1. The van der Waals surface area contributed by atoms with Gasteiger partial charge in [0, 0.05) is 47.9 Å². The minimum Gasteiger partial charge on any atom is -0.475 e. The molecule has 9 heteroatoms. The van der Waals surface area contributed by atoms with E-state index in [1.165, 1.54) is 13.0 Å². The van der Waals surface area contributed by atoms with E-state index in [2.05, 4.69) is 15.3 Å². The summed E-state index contributed by atoms with van der Waals surface area (Å²) in [5.41, 5.74) is 2.08. The van der Waals surface area contributed by atoms with Crippen LogP contribution in [0, 0.1) is 6.92 Å². The lowest BCUT2D eigenvalue weighted by molar-refractivity contribution is -0.134. The van der Waals surface area contributed by atoms with Crippen molar-refractivity contribution in [3.63, 3.8) is 0 Å². The first kappa shape index (κ1) is 24.7. The smallest absolute Gasteiger partial charge is 0.246 e. The van der Waals surface area contributed by atoms with Crippen LogP contribution in [0.2, 0.25) is 5.02 Å². The topological polar surface area (TPSA) is 93.7 Å². The normalized spacial score (nSPS) is 16.3. The number of nitrogens with zero attached hydrogens (tertiary/aromatic N) is 3. The van der Waals surface area contributed by atoms with E-state index in [1.807, 2.05) is 20.8 Å². The van der Waals surface area contributed by atoms with E-state index in [-0.39, 0.29) is 30.4 Å². The maximum Gasteiger partial charge on any atom is 0.246 e. The van der Waals surface area contributed by atoms with Crippen LogP contribution >= 0.6 is 11.6 Å². The maximum absolute atomic E-state index is 12.8. The molecule has 1 unspecified atom stereocenters. The molecule has 0 aliphatic carbocycles. The number of amides is 2. The van der Waals surface area contributed by atoms with Crippen molar-refractivity contribution in [1.29, 1.82) is 0 Å². The molecule has 0 bridgehead atoms. The van der Waals surface area contributed by atoms with Gasteiger partial charge in [0.1, 0.15) is 18.5 Å². The van der Waals surface area contributed by atoms with Crippen molar-refractivity contribution in [2.45, 2.75) is 39.7 Å². The first-order chi connectivity index (χ1) is 15.7. The third-order valence-electron chi connectivity index (χ3n) is 4.96. The van der Waals surface area contributed by atoms with Gasteiger partial charge in [-0.15, -0.1) is 0 Å². The van der Waals surface area contributed by atoms with Crippen LogP contribution < -0.4 is 10.1 Å². The second kappa shape index (κ2) is 11.2. The van der Waals surface area contributed by atoms with Gasteiger partial charge in [-0.25, -0.2) is 4.98 Å². The fraction of sp³-hybridized carbons (Fsp3) is 0.417. The maximum atomic E-state index is 12.8. The molecule has 1 aliphatic rings. The number of anilines is 1. The third kappa shape index (κ3) is 7.27. The molecule has 3 rings (SSSR count). The molecule has 2 aromatic rings. The SMILES string of the molecule is CC(=O)Nc1cc(Cl)ccc1C=CC(=O)N1CCOC(COc2cc(C)nc(C(C)C)n2)C1. The summed E-state index contributed by atoms with van der Waals surface area (Å²) in [4.78, 5) is 34.8. The molecule has 1 saturated heterocycles. The van der Waals surface area contributed by atoms with Crippen molar-refractivity contribution < 1.29 is 19.1 Å². The Morgan fingerprint density at radius 3 is 2.85 bits per heavy atom. The molecule has 2 amide bonds. The van der Waals surface area contributed by atoms with Crippen molar-refractivity contribution in [3.8, 4) is 5.88 Å². The minimum absolute atomic E-state index is 0.146. The van der Waals surface area contributed by atoms with Crippen molar-refractivity contribution >= 4 is 35.2 Å². The van der Waals surface area contributed by atoms with Gasteiger partial charge in [0.15, 0.2) is 0 Å². The van der Waals surface area contributed by atoms with Gasteiger partial charge in [0.25, 0.3) is 0 Å². The van der Waals surface area contributed by atoms with Crippen LogP contribution in [0.5, 0.6) is 5.88 Å². The van der Waals surface area contributed by atoms with Crippen LogP contribution in [0.1, 0.15) is 43.8 Å². The fourth-order valence-corrected chi connectivity index (χ4v) is 3.50. The molecule has 176 valence electrons. The zero-order valence-corrected chi connectivity index (χ0v) is 20.1. The molecule has 1 aromatic heterocycles. The summed E-state index contributed by atoms with van der Waals surface area (Å²) in [6.07, 6.45) is 2.89. The van der Waals surface area contributed by atoms with E-state index in [4.69, 9.17) is 21.1 Å². The average molecular weight is 473 g/mol. The molecule has 1 aliphatic heterocycles. The standard InChI is InChI=1S/C24H29ClN4O4/c1-15(2)24-26-16(3)11-22(28-24)33-14-20-13-29(9-10-32-20)23(31)8-6-18-5-7-19(25)12-21(18)27-17(4)30/h5-8,11-12,15,20H,9-10,13-14H2,1-4H3,(H,27,30). The predicted molar refractivity (Wildman–Crippen MR) is 127 cm³/mol. The number of aromatic nitrogens is 2. The lowest BCUT2D eigenvalue weighted by atomic mass is 10.1. The summed E-state index contributed by atoms with van der Waals surface area (Å²) < 4.78 is 11.6. The molecule has 33 heavy (non-hydrogen) atoms. The fourth-order valence-electron chi connectivity index (χ4n) is 3.33. The summed E-state index contributed by atoms with van der Waals surface area (Å²) in [7, 11) is 0. The van der Waals surface area contributed by atoms with Gasteiger partial charge >= 0.3 is 0 Å². The third-order valence-corrected chi connectivity index (χ3v) is 5.20. The van der Waals surface area contributed by atoms with Gasteiger partial charge in [-0.1, -0.05) is 31.5 Å². The highest BCUT2D eigenvalue weighted by Gasteiger charge is 2.24. The number of rotatable bonds is 7. The second-order valence-electron chi connectivity index (χ2n) is 8.19. The number of ether oxygens (including phenoxy) is 2. The Morgan fingerprint density at radius 1 is 1.33 bits per heavy atom. The summed E-state index contributed by atoms with van der Waals surface area (Å²) in [6.45, 7) is 8.99. The molecule has 0 saturated carbocycles. The van der Waals surface area contributed by atoms with Crippen molar-refractivity contribution in [2.75, 3.05) is 31.6 Å². The minimum atomic E-state index is -0.264. The summed E-state index contributed by atoms with van der Waals surface area (Å²) in [5.74, 6) is 1.08. The largest absolute Gasteiger partial charge is 0.475 e. The highest BCUT2D eigenvalue weighted by molar-refractivity contribution is 6.31. The molecule has 1 N–H and O–H groups in total. The van der Waals surface area contributed by atoms with E-state index in [9.17, 15) is 9.59 Å². The number of halogens is 1. The molecular weight excluding hydrogens is 444 g/mol. The number of carbonyl (C=O) groups is 2. The number of hydrogen-bond acceptors (Lipinski definition) is 6. The highest BCUT2D eigenvalue weighted by atomic mass is 35.5. The number of carbonyl (C=O) groups excluding carboxylic acids is 2. The van der Waals surface area contributed by atoms with Crippen LogP contribution in [-0.4, -0.2) is 59.1 Å². The molecule has 1 atom stereocenters. The zero-order valence-electron chi connectivity index (χ0n) is 19.3. The summed E-state index contributed by atoms with van der Waals surface area (Å²) in [6, 6.07) is 6.90. The second-order valence-corrected chi connectivity index (χ2v) is 8.63. The molecule has 1 fully saturated rings. The Labute approximate surface area is 199 Å². The molecule has 0 spiro atoms. The molecule has 8 nitrogen and oxygen atoms in total. The Balaban J connectivity index is 1.60. The Morgan fingerprint density at radius 2 is 2.12 bits per heavy atom. The van der Waals surface area contributed by atoms with E-state index in [0.29, 0.717) is 41.8 Å². The van der Waals surface area contributed by atoms with Gasteiger partial charge in [-0.05, 0) is 30.7 Å². The zero-order chi connectivity index (χ0) is 24.0. The Kier molecular flexibility index (Phi) is 8.41. The lowest BCUT2D eigenvalue weighted by Gasteiger charge is -2.32. The van der Waals surface area contributed by atoms with Crippen LogP contribution in [0.25, 0.3) is 6.08 Å². The molecule has 0 radical (unpaired) electrons. The van der Waals surface area contributed by atoms with Crippen LogP contribution in [0.15, 0.2) is 30.3 Å². The number of nitrogens with one attached hydrogen (secondary N) is 1. The first-order valence-corrected chi connectivity index (χ1v) is 11.2. The van der Waals surface area contributed by atoms with Crippen molar-refractivity contribution in [3.05, 3.63) is 52.4 Å². The van der Waals surface area contributed by atoms with E-state index in [1.54, 1.807) is 35.2 Å². The monoisotopic (exact) mass is 472 g/mol.